The molecular formula is C16H21N3O. The van der Waals surface area contributed by atoms with Crippen LogP contribution in [0.25, 0.3) is 10.9 Å². The van der Waals surface area contributed by atoms with Crippen LogP contribution in [0.2, 0.25) is 0 Å². The number of carbonyl (C=O) groups excluding carboxylic acids is 1. The van der Waals surface area contributed by atoms with E-state index in [9.17, 15) is 4.79 Å². The van der Waals surface area contributed by atoms with Crippen LogP contribution >= 0.6 is 0 Å². The van der Waals surface area contributed by atoms with Gasteiger partial charge in [0.1, 0.15) is 0 Å². The van der Waals surface area contributed by atoms with E-state index in [0.29, 0.717) is 5.92 Å². The van der Waals surface area contributed by atoms with E-state index in [4.69, 9.17) is 0 Å². The van der Waals surface area contributed by atoms with Crippen LogP contribution in [0.15, 0.2) is 30.5 Å². The summed E-state index contributed by atoms with van der Waals surface area (Å²) in [5.41, 5.74) is 2.32. The van der Waals surface area contributed by atoms with Crippen molar-refractivity contribution in [3.05, 3.63) is 36.0 Å². The van der Waals surface area contributed by atoms with E-state index in [1.807, 2.05) is 14.0 Å². The van der Waals surface area contributed by atoms with E-state index >= 15 is 0 Å². The summed E-state index contributed by atoms with van der Waals surface area (Å²) >= 11 is 0. The predicted octanol–water partition coefficient (Wildman–Crippen LogP) is 2.95. The third kappa shape index (κ3) is 2.79. The van der Waals surface area contributed by atoms with E-state index in [1.165, 1.54) is 23.7 Å². The molecule has 1 aromatic heterocycles. The molecule has 1 atom stereocenters. The molecule has 0 spiro atoms. The maximum Gasteiger partial charge on any atom is 0.315 e. The first kappa shape index (κ1) is 13.0. The minimum Gasteiger partial charge on any atom is -0.351 e. The number of fused-ring (bicyclic) bond motifs is 1. The summed E-state index contributed by atoms with van der Waals surface area (Å²) in [7, 11) is 2.03. The van der Waals surface area contributed by atoms with E-state index < -0.39 is 0 Å². The second-order valence-corrected chi connectivity index (χ2v) is 5.76. The third-order valence-electron chi connectivity index (χ3n) is 4.01. The molecule has 2 N–H and O–H groups in total. The first-order chi connectivity index (χ1) is 9.63. The minimum atomic E-state index is -0.0728. The molecule has 4 heteroatoms. The van der Waals surface area contributed by atoms with Gasteiger partial charge in [0.15, 0.2) is 0 Å². The van der Waals surface area contributed by atoms with Gasteiger partial charge in [0.2, 0.25) is 0 Å². The average molecular weight is 271 g/mol. The lowest BCUT2D eigenvalue weighted by Crippen LogP contribution is -2.38. The zero-order valence-electron chi connectivity index (χ0n) is 12.0. The highest BCUT2D eigenvalue weighted by Gasteiger charge is 2.21. The summed E-state index contributed by atoms with van der Waals surface area (Å²) in [6, 6.07) is 8.35. The lowest BCUT2D eigenvalue weighted by molar-refractivity contribution is 0.237. The topological polar surface area (TPSA) is 46.1 Å². The molecule has 1 aromatic carbocycles. The molecule has 1 fully saturated rings. The van der Waals surface area contributed by atoms with Gasteiger partial charge in [0.25, 0.3) is 0 Å². The molecule has 3 rings (SSSR count). The molecule has 1 aliphatic rings. The molecule has 1 saturated carbocycles. The van der Waals surface area contributed by atoms with Crippen LogP contribution in [0.1, 0.15) is 31.4 Å². The van der Waals surface area contributed by atoms with Crippen molar-refractivity contribution in [2.75, 3.05) is 6.54 Å². The molecule has 0 aliphatic heterocycles. The van der Waals surface area contributed by atoms with Crippen molar-refractivity contribution in [1.29, 1.82) is 0 Å². The first-order valence-corrected chi connectivity index (χ1v) is 7.23. The number of nitrogens with zero attached hydrogens (tertiary/aromatic N) is 1. The van der Waals surface area contributed by atoms with Gasteiger partial charge in [-0.15, -0.1) is 0 Å². The molecule has 0 radical (unpaired) electrons. The van der Waals surface area contributed by atoms with Gasteiger partial charge in [0, 0.05) is 25.3 Å². The van der Waals surface area contributed by atoms with Crippen molar-refractivity contribution in [3.8, 4) is 0 Å². The molecule has 106 valence electrons. The van der Waals surface area contributed by atoms with Gasteiger partial charge < -0.3 is 15.2 Å². The fourth-order valence-corrected chi connectivity index (χ4v) is 2.44. The highest BCUT2D eigenvalue weighted by Crippen LogP contribution is 2.27. The fraction of sp³-hybridized carbons (Fsp3) is 0.438. The second-order valence-electron chi connectivity index (χ2n) is 5.76. The Labute approximate surface area is 119 Å². The summed E-state index contributed by atoms with van der Waals surface area (Å²) < 4.78 is 2.10. The molecule has 2 amide bonds. The van der Waals surface area contributed by atoms with Crippen LogP contribution in [-0.4, -0.2) is 17.1 Å². The van der Waals surface area contributed by atoms with Crippen LogP contribution in [0, 0.1) is 5.92 Å². The van der Waals surface area contributed by atoms with E-state index in [0.717, 1.165) is 12.1 Å². The number of rotatable bonds is 4. The van der Waals surface area contributed by atoms with Crippen LogP contribution in [0.4, 0.5) is 4.79 Å². The van der Waals surface area contributed by atoms with Gasteiger partial charge in [-0.25, -0.2) is 4.79 Å². The third-order valence-corrected chi connectivity index (χ3v) is 4.01. The summed E-state index contributed by atoms with van der Waals surface area (Å²) in [5.74, 6) is 0.704. The fourth-order valence-electron chi connectivity index (χ4n) is 2.44. The molecule has 1 aliphatic carbocycles. The maximum absolute atomic E-state index is 11.8. The minimum absolute atomic E-state index is 0.00787. The number of aromatic nitrogens is 1. The standard InChI is InChI=1S/C16H21N3O/c1-11(18-16(20)17-10-12-3-4-12)14-6-5-13-7-8-19(2)15(13)9-14/h5-9,11-12H,3-4,10H2,1-2H3,(H2,17,18,20). The Morgan fingerprint density at radius 2 is 2.20 bits per heavy atom. The van der Waals surface area contributed by atoms with Crippen molar-refractivity contribution < 1.29 is 4.79 Å². The van der Waals surface area contributed by atoms with Crippen LogP contribution in [0.3, 0.4) is 0 Å². The number of benzene rings is 1. The average Bonchev–Trinajstić information content (AvgIpc) is 3.20. The van der Waals surface area contributed by atoms with Gasteiger partial charge in [0.05, 0.1) is 6.04 Å². The Balaban J connectivity index is 1.65. The number of urea groups is 1. The molecule has 4 nitrogen and oxygen atoms in total. The van der Waals surface area contributed by atoms with Crippen molar-refractivity contribution in [1.82, 2.24) is 15.2 Å². The monoisotopic (exact) mass is 271 g/mol. The van der Waals surface area contributed by atoms with Crippen molar-refractivity contribution in [2.24, 2.45) is 13.0 Å². The molecule has 1 unspecified atom stereocenters. The van der Waals surface area contributed by atoms with Crippen molar-refractivity contribution in [2.45, 2.75) is 25.8 Å². The Bertz CT molecular complexity index is 628. The van der Waals surface area contributed by atoms with Crippen molar-refractivity contribution in [3.63, 3.8) is 0 Å². The molecular weight excluding hydrogens is 250 g/mol. The summed E-state index contributed by atoms with van der Waals surface area (Å²) in [4.78, 5) is 11.8. The highest BCUT2D eigenvalue weighted by molar-refractivity contribution is 5.81. The summed E-state index contributed by atoms with van der Waals surface area (Å²) in [5, 5.41) is 7.15. The number of hydrogen-bond donors (Lipinski definition) is 2. The van der Waals surface area contributed by atoms with E-state index in [-0.39, 0.29) is 12.1 Å². The van der Waals surface area contributed by atoms with Gasteiger partial charge in [-0.2, -0.15) is 0 Å². The number of amides is 2. The Morgan fingerprint density at radius 1 is 1.40 bits per heavy atom. The largest absolute Gasteiger partial charge is 0.351 e. The van der Waals surface area contributed by atoms with Crippen molar-refractivity contribution >= 4 is 16.9 Å². The zero-order valence-corrected chi connectivity index (χ0v) is 12.0. The van der Waals surface area contributed by atoms with Crippen LogP contribution in [-0.2, 0) is 7.05 Å². The SMILES string of the molecule is CC(NC(=O)NCC1CC1)c1ccc2ccn(C)c2c1. The number of carbonyl (C=O) groups is 1. The van der Waals surface area contributed by atoms with Gasteiger partial charge in [-0.1, -0.05) is 12.1 Å². The highest BCUT2D eigenvalue weighted by atomic mass is 16.2. The zero-order chi connectivity index (χ0) is 14.1. The normalized spacial score (nSPS) is 16.1. The molecule has 20 heavy (non-hydrogen) atoms. The molecule has 2 aromatic rings. The quantitative estimate of drug-likeness (QED) is 0.882. The van der Waals surface area contributed by atoms with Crippen LogP contribution in [0.5, 0.6) is 0 Å². The second kappa shape index (κ2) is 5.19. The smallest absolute Gasteiger partial charge is 0.315 e. The molecule has 0 saturated heterocycles. The number of nitrogens with one attached hydrogen (secondary N) is 2. The lowest BCUT2D eigenvalue weighted by Gasteiger charge is -2.15. The van der Waals surface area contributed by atoms with Crippen LogP contribution < -0.4 is 10.6 Å². The van der Waals surface area contributed by atoms with Gasteiger partial charge in [-0.3, -0.25) is 0 Å². The summed E-state index contributed by atoms with van der Waals surface area (Å²) in [6.07, 6.45) is 4.55. The van der Waals surface area contributed by atoms with Gasteiger partial charge in [-0.05, 0) is 48.8 Å². The summed E-state index contributed by atoms with van der Waals surface area (Å²) in [6.45, 7) is 2.82. The predicted molar refractivity (Wildman–Crippen MR) is 80.6 cm³/mol. The Kier molecular flexibility index (Phi) is 3.38. The Morgan fingerprint density at radius 3 is 2.95 bits per heavy atom. The molecule has 0 bridgehead atoms. The van der Waals surface area contributed by atoms with Gasteiger partial charge >= 0.3 is 6.03 Å². The maximum atomic E-state index is 11.8. The first-order valence-electron chi connectivity index (χ1n) is 7.23. The number of aryl methyl sites for hydroxylation is 1. The Hall–Kier alpha value is -1.97. The van der Waals surface area contributed by atoms with E-state index in [1.54, 1.807) is 0 Å². The lowest BCUT2D eigenvalue weighted by atomic mass is 10.1. The number of hydrogen-bond acceptors (Lipinski definition) is 1. The van der Waals surface area contributed by atoms with E-state index in [2.05, 4.69) is 45.7 Å². The molecule has 1 heterocycles.